The van der Waals surface area contributed by atoms with Crippen molar-refractivity contribution in [1.29, 1.82) is 0 Å². The molecule has 0 atom stereocenters. The van der Waals surface area contributed by atoms with Crippen LogP contribution < -0.4 is 5.32 Å². The van der Waals surface area contributed by atoms with E-state index >= 15 is 0 Å². The first-order valence-electron chi connectivity index (χ1n) is 11.5. The average Bonchev–Trinajstić information content (AvgIpc) is 3.59. The van der Waals surface area contributed by atoms with Gasteiger partial charge in [-0.1, -0.05) is 6.07 Å². The molecule has 0 saturated heterocycles. The molecule has 4 aromatic heterocycles. The molecule has 1 aliphatic carbocycles. The van der Waals surface area contributed by atoms with E-state index in [1.165, 1.54) is 22.2 Å². The standard InChI is InChI=1S/C22H26N7O6PS/c1-2-34-16-7-15(8-16)29-11-18(20(27-29)17-5-3-4-6-23-17)25-21(30)19-12-37-22(26-19)14-9-24-28(10-14)13-35-36(31,32)33/h3-6,9-12,15-16,31-33,36H,2,7-8,13H2,1H3,(H,25,30)/t15-,16+. The summed E-state index contributed by atoms with van der Waals surface area (Å²) < 4.78 is 13.4. The van der Waals surface area contributed by atoms with E-state index in [1.807, 2.05) is 36.0 Å². The van der Waals surface area contributed by atoms with Gasteiger partial charge in [0.25, 0.3) is 0 Å². The number of thiazole rings is 1. The van der Waals surface area contributed by atoms with Crippen molar-refractivity contribution in [3.05, 3.63) is 54.1 Å². The molecule has 4 heterocycles. The van der Waals surface area contributed by atoms with Crippen LogP contribution in [0.4, 0.5) is 5.69 Å². The molecule has 0 aromatic carbocycles. The fourth-order valence-electron chi connectivity index (χ4n) is 3.88. The molecule has 0 unspecified atom stereocenters. The van der Waals surface area contributed by atoms with Gasteiger partial charge >= 0.3 is 128 Å². The molecule has 0 radical (unpaired) electrons. The molecule has 15 heteroatoms. The maximum atomic E-state index is 13.1. The van der Waals surface area contributed by atoms with Gasteiger partial charge in [-0.2, -0.15) is 5.10 Å². The summed E-state index contributed by atoms with van der Waals surface area (Å²) in [6, 6.07) is 5.71. The minimum Gasteiger partial charge on any atom is -0.254 e. The number of rotatable bonds is 10. The van der Waals surface area contributed by atoms with Gasteiger partial charge in [-0.05, 0) is 31.9 Å². The van der Waals surface area contributed by atoms with Gasteiger partial charge in [-0.3, -0.25) is 9.67 Å². The number of nitrogens with one attached hydrogen (secondary N) is 1. The molecular weight excluding hydrogens is 521 g/mol. The van der Waals surface area contributed by atoms with E-state index in [4.69, 9.17) is 24.5 Å². The number of ether oxygens (including phenoxy) is 1. The number of carbonyl (C=O) groups excluding carboxylic acids is 1. The first-order valence-corrected chi connectivity index (χ1v) is 14.1. The second kappa shape index (κ2) is 10.7. The Bertz CT molecular complexity index is 1360. The van der Waals surface area contributed by atoms with Crippen molar-refractivity contribution in [2.24, 2.45) is 0 Å². The zero-order chi connectivity index (χ0) is 26.0. The smallest absolute Gasteiger partial charge is 0.254 e. The molecule has 1 amide bonds. The number of amides is 1. The van der Waals surface area contributed by atoms with Crippen LogP contribution in [0.15, 0.2) is 48.4 Å². The van der Waals surface area contributed by atoms with Crippen LogP contribution in [0.5, 0.6) is 0 Å². The second-order valence-corrected chi connectivity index (χ2v) is 10.7. The summed E-state index contributed by atoms with van der Waals surface area (Å²) in [5.74, 6) is -0.396. The number of hydrogen-bond acceptors (Lipinski definition) is 11. The van der Waals surface area contributed by atoms with Crippen LogP contribution in [0.1, 0.15) is 36.3 Å². The molecule has 1 aliphatic rings. The molecule has 0 spiro atoms. The molecule has 5 rings (SSSR count). The number of hydrogen-bond donors (Lipinski definition) is 4. The number of aromatic nitrogens is 6. The Balaban J connectivity index is 1.31. The van der Waals surface area contributed by atoms with Crippen LogP contribution in [0.2, 0.25) is 0 Å². The quantitative estimate of drug-likeness (QED) is 0.216. The minimum atomic E-state index is -4.64. The van der Waals surface area contributed by atoms with E-state index < -0.39 is 14.1 Å². The monoisotopic (exact) mass is 547 g/mol. The zero-order valence-corrected chi connectivity index (χ0v) is 21.6. The van der Waals surface area contributed by atoms with Crippen molar-refractivity contribution in [2.45, 2.75) is 38.6 Å². The van der Waals surface area contributed by atoms with Gasteiger partial charge in [0.1, 0.15) is 0 Å². The summed E-state index contributed by atoms with van der Waals surface area (Å²) in [4.78, 5) is 48.8. The Morgan fingerprint density at radius 1 is 1.27 bits per heavy atom. The van der Waals surface area contributed by atoms with Crippen molar-refractivity contribution < 1.29 is 28.7 Å². The van der Waals surface area contributed by atoms with Crippen LogP contribution in [0.3, 0.4) is 0 Å². The number of anilines is 1. The van der Waals surface area contributed by atoms with Gasteiger partial charge in [0, 0.05) is 12.8 Å². The van der Waals surface area contributed by atoms with Gasteiger partial charge in [-0.15, -0.1) is 0 Å². The van der Waals surface area contributed by atoms with Gasteiger partial charge in [0.05, 0.1) is 17.8 Å². The molecule has 0 aliphatic heterocycles. The third-order valence-corrected chi connectivity index (χ3v) is 7.15. The van der Waals surface area contributed by atoms with Crippen molar-refractivity contribution in [1.82, 2.24) is 29.5 Å². The van der Waals surface area contributed by atoms with Crippen LogP contribution in [0.25, 0.3) is 22.0 Å². The van der Waals surface area contributed by atoms with E-state index in [1.54, 1.807) is 17.8 Å². The summed E-state index contributed by atoms with van der Waals surface area (Å²) >= 11 is 1.25. The molecule has 37 heavy (non-hydrogen) atoms. The Morgan fingerprint density at radius 2 is 2.11 bits per heavy atom. The molecule has 1 saturated carbocycles. The summed E-state index contributed by atoms with van der Waals surface area (Å²) in [7, 11) is -4.64. The zero-order valence-electron chi connectivity index (χ0n) is 19.8. The normalized spacial score (nSPS) is 17.9. The summed E-state index contributed by atoms with van der Waals surface area (Å²) in [5, 5.41) is 13.9. The van der Waals surface area contributed by atoms with E-state index in [2.05, 4.69) is 24.9 Å². The Labute approximate surface area is 216 Å². The predicted molar refractivity (Wildman–Crippen MR) is 136 cm³/mol. The molecule has 1 fully saturated rings. The fraction of sp³-hybridized carbons (Fsp3) is 0.318. The molecule has 4 aromatic rings. The average molecular weight is 548 g/mol. The number of carbonyl (C=O) groups is 1. The Hall–Kier alpha value is -3.10. The van der Waals surface area contributed by atoms with Gasteiger partial charge in [-0.25, -0.2) is 0 Å². The van der Waals surface area contributed by atoms with E-state index in [-0.39, 0.29) is 24.6 Å². The number of nitrogens with zero attached hydrogens (tertiary/aromatic N) is 6. The SMILES string of the molecule is CCO[C@H]1C[C@@H](n2cc(NC(=O)c3csc(-c4cnn(CO[PH](O)(O)O)c4)n3)c(-c3ccccn3)n2)C1. The summed E-state index contributed by atoms with van der Waals surface area (Å²) in [6.07, 6.45) is 8.48. The molecule has 0 bridgehead atoms. The maximum absolute atomic E-state index is 13.1. The topological polar surface area (TPSA) is 170 Å². The van der Waals surface area contributed by atoms with E-state index in [9.17, 15) is 4.79 Å². The molecule has 13 nitrogen and oxygen atoms in total. The van der Waals surface area contributed by atoms with E-state index in [0.29, 0.717) is 34.3 Å². The van der Waals surface area contributed by atoms with E-state index in [0.717, 1.165) is 12.8 Å². The first-order chi connectivity index (χ1) is 17.8. The molecular formula is C22H26N7O6PS. The first kappa shape index (κ1) is 25.5. The fourth-order valence-corrected chi connectivity index (χ4v) is 4.96. The van der Waals surface area contributed by atoms with Crippen molar-refractivity contribution >= 4 is 31.1 Å². The van der Waals surface area contributed by atoms with Gasteiger partial charge in [0.15, 0.2) is 0 Å². The van der Waals surface area contributed by atoms with Crippen LogP contribution >= 0.6 is 19.5 Å². The third kappa shape index (κ3) is 6.08. The summed E-state index contributed by atoms with van der Waals surface area (Å²) in [6.45, 7) is 2.31. The molecule has 4 N–H and O–H groups in total. The number of pyridine rings is 1. The van der Waals surface area contributed by atoms with Crippen molar-refractivity contribution in [2.75, 3.05) is 11.9 Å². The van der Waals surface area contributed by atoms with Crippen molar-refractivity contribution in [3.63, 3.8) is 0 Å². The molecule has 196 valence electrons. The van der Waals surface area contributed by atoms with Crippen LogP contribution in [-0.2, 0) is 16.0 Å². The minimum absolute atomic E-state index is 0.186. The third-order valence-electron chi connectivity index (χ3n) is 5.74. The van der Waals surface area contributed by atoms with Gasteiger partial charge in [0.2, 0.25) is 0 Å². The Morgan fingerprint density at radius 3 is 2.84 bits per heavy atom. The predicted octanol–water partition coefficient (Wildman–Crippen LogP) is 2.62. The van der Waals surface area contributed by atoms with Crippen molar-refractivity contribution in [3.8, 4) is 22.0 Å². The Kier molecular flexibility index (Phi) is 7.40. The second-order valence-electron chi connectivity index (χ2n) is 8.40. The van der Waals surface area contributed by atoms with Gasteiger partial charge < -0.3 is 4.74 Å². The van der Waals surface area contributed by atoms with Crippen LogP contribution in [-0.4, -0.2) is 62.8 Å². The van der Waals surface area contributed by atoms with Crippen LogP contribution in [0, 0.1) is 0 Å². The summed E-state index contributed by atoms with van der Waals surface area (Å²) in [5.41, 5.74) is 2.57.